The van der Waals surface area contributed by atoms with Crippen LogP contribution < -0.4 is 10.1 Å². The van der Waals surface area contributed by atoms with Crippen LogP contribution in [0.1, 0.15) is 38.3 Å². The van der Waals surface area contributed by atoms with Crippen LogP contribution in [0.25, 0.3) is 0 Å². The number of benzene rings is 1. The van der Waals surface area contributed by atoms with Crippen molar-refractivity contribution in [2.45, 2.75) is 38.8 Å². The highest BCUT2D eigenvalue weighted by Crippen LogP contribution is 2.33. The number of carbonyl (C=O) groups excluding carboxylic acids is 1. The van der Waals surface area contributed by atoms with Crippen molar-refractivity contribution in [3.05, 3.63) is 29.8 Å². The van der Waals surface area contributed by atoms with Gasteiger partial charge in [0.25, 0.3) is 0 Å². The second-order valence-corrected chi connectivity index (χ2v) is 6.77. The Bertz CT molecular complexity index is 552. The predicted octanol–water partition coefficient (Wildman–Crippen LogP) is 2.46. The van der Waals surface area contributed by atoms with Crippen LogP contribution in [0, 0.1) is 0 Å². The van der Waals surface area contributed by atoms with Crippen LogP contribution in [-0.2, 0) is 4.79 Å². The number of carbonyl (C=O) groups is 1. The van der Waals surface area contributed by atoms with Gasteiger partial charge in [0.15, 0.2) is 0 Å². The first-order valence-corrected chi connectivity index (χ1v) is 9.16. The fourth-order valence-corrected chi connectivity index (χ4v) is 3.75. The van der Waals surface area contributed by atoms with Gasteiger partial charge in [-0.1, -0.05) is 12.1 Å². The topological polar surface area (TPSA) is 44.8 Å². The molecular weight excluding hydrogens is 338 g/mol. The summed E-state index contributed by atoms with van der Waals surface area (Å²) in [5.41, 5.74) is 1.22. The Hall–Kier alpha value is -1.30. The summed E-state index contributed by atoms with van der Waals surface area (Å²) in [6, 6.07) is 8.88. The van der Waals surface area contributed by atoms with Gasteiger partial charge in [-0.05, 0) is 44.4 Å². The summed E-state index contributed by atoms with van der Waals surface area (Å²) >= 11 is 0. The van der Waals surface area contributed by atoms with Crippen molar-refractivity contribution in [1.82, 2.24) is 15.1 Å². The molecule has 2 aliphatic heterocycles. The molecular formula is C19H30ClN3O2. The third-order valence-electron chi connectivity index (χ3n) is 5.13. The summed E-state index contributed by atoms with van der Waals surface area (Å²) < 4.78 is 5.52. The van der Waals surface area contributed by atoms with Gasteiger partial charge in [-0.25, -0.2) is 0 Å². The van der Waals surface area contributed by atoms with E-state index in [1.807, 2.05) is 19.1 Å². The summed E-state index contributed by atoms with van der Waals surface area (Å²) in [4.78, 5) is 17.2. The largest absolute Gasteiger partial charge is 0.494 e. The summed E-state index contributed by atoms with van der Waals surface area (Å²) in [7, 11) is 0. The Labute approximate surface area is 157 Å². The number of amides is 1. The van der Waals surface area contributed by atoms with Gasteiger partial charge in [-0.2, -0.15) is 0 Å². The first kappa shape index (κ1) is 20.0. The second kappa shape index (κ2) is 9.41. The maximum atomic E-state index is 12.9. The van der Waals surface area contributed by atoms with Crippen molar-refractivity contribution in [2.75, 3.05) is 39.3 Å². The molecule has 5 nitrogen and oxygen atoms in total. The van der Waals surface area contributed by atoms with Crippen molar-refractivity contribution >= 4 is 18.3 Å². The summed E-state index contributed by atoms with van der Waals surface area (Å²) in [5.74, 6) is 1.16. The lowest BCUT2D eigenvalue weighted by molar-refractivity contribution is -0.134. The minimum atomic E-state index is 0. The van der Waals surface area contributed by atoms with Crippen LogP contribution in [0.5, 0.6) is 5.75 Å². The Balaban J connectivity index is 0.00000225. The second-order valence-electron chi connectivity index (χ2n) is 6.77. The number of piperazine rings is 1. The molecule has 2 aliphatic rings. The van der Waals surface area contributed by atoms with E-state index in [1.165, 1.54) is 5.56 Å². The molecule has 1 amide bonds. The highest BCUT2D eigenvalue weighted by atomic mass is 35.5. The van der Waals surface area contributed by atoms with Crippen molar-refractivity contribution in [3.63, 3.8) is 0 Å². The van der Waals surface area contributed by atoms with Gasteiger partial charge in [0.1, 0.15) is 5.75 Å². The molecule has 1 N–H and O–H groups in total. The third-order valence-corrected chi connectivity index (χ3v) is 5.13. The highest BCUT2D eigenvalue weighted by molar-refractivity contribution is 5.85. The van der Waals surface area contributed by atoms with Gasteiger partial charge in [0.05, 0.1) is 19.2 Å². The molecule has 0 bridgehead atoms. The first-order chi connectivity index (χ1) is 11.7. The number of nitrogens with one attached hydrogen (secondary N) is 1. The van der Waals surface area contributed by atoms with Crippen molar-refractivity contribution in [1.29, 1.82) is 0 Å². The SMILES string of the molecule is CCOc1ccc(C2CCCN2C(=O)CN2CCNC[C@H]2C)cc1.Cl. The first-order valence-electron chi connectivity index (χ1n) is 9.16. The molecule has 2 fully saturated rings. The average molecular weight is 368 g/mol. The number of ether oxygens (including phenoxy) is 1. The van der Waals surface area contributed by atoms with E-state index in [9.17, 15) is 4.79 Å². The molecule has 0 spiro atoms. The Kier molecular flexibility index (Phi) is 7.54. The summed E-state index contributed by atoms with van der Waals surface area (Å²) in [6.07, 6.45) is 2.14. The van der Waals surface area contributed by atoms with E-state index in [4.69, 9.17) is 4.74 Å². The normalized spacial score (nSPS) is 24.0. The van der Waals surface area contributed by atoms with E-state index in [1.54, 1.807) is 0 Å². The Morgan fingerprint density at radius 1 is 1.28 bits per heavy atom. The standard InChI is InChI=1S/C19H29N3O2.ClH/c1-3-24-17-8-6-16(7-9-17)18-5-4-11-22(18)19(23)14-21-12-10-20-13-15(21)2;/h6-9,15,18,20H,3-5,10-14H2,1-2H3;1H/t15-,18?;/m1./s1. The molecule has 3 rings (SSSR count). The molecule has 140 valence electrons. The zero-order chi connectivity index (χ0) is 16.9. The van der Waals surface area contributed by atoms with Gasteiger partial charge in [-0.15, -0.1) is 12.4 Å². The lowest BCUT2D eigenvalue weighted by atomic mass is 10.0. The number of nitrogens with zero attached hydrogens (tertiary/aromatic N) is 2. The third kappa shape index (κ3) is 4.87. The molecule has 0 aliphatic carbocycles. The summed E-state index contributed by atoms with van der Waals surface area (Å²) in [5, 5.41) is 3.38. The van der Waals surface area contributed by atoms with Gasteiger partial charge in [0, 0.05) is 32.2 Å². The zero-order valence-electron chi connectivity index (χ0n) is 15.2. The van der Waals surface area contributed by atoms with Crippen LogP contribution in [0.2, 0.25) is 0 Å². The zero-order valence-corrected chi connectivity index (χ0v) is 16.1. The molecule has 6 heteroatoms. The Morgan fingerprint density at radius 3 is 2.72 bits per heavy atom. The Morgan fingerprint density at radius 2 is 2.04 bits per heavy atom. The van der Waals surface area contributed by atoms with E-state index >= 15 is 0 Å². The van der Waals surface area contributed by atoms with Crippen molar-refractivity contribution < 1.29 is 9.53 Å². The summed E-state index contributed by atoms with van der Waals surface area (Å²) in [6.45, 7) is 9.16. The molecule has 2 heterocycles. The lowest BCUT2D eigenvalue weighted by Crippen LogP contribution is -2.53. The van der Waals surface area contributed by atoms with Crippen molar-refractivity contribution in [2.24, 2.45) is 0 Å². The predicted molar refractivity (Wildman–Crippen MR) is 102 cm³/mol. The minimum Gasteiger partial charge on any atom is -0.494 e. The van der Waals surface area contributed by atoms with Crippen LogP contribution in [0.15, 0.2) is 24.3 Å². The number of likely N-dealkylation sites (tertiary alicyclic amines) is 1. The molecule has 0 saturated carbocycles. The maximum absolute atomic E-state index is 12.9. The highest BCUT2D eigenvalue weighted by Gasteiger charge is 2.31. The van der Waals surface area contributed by atoms with E-state index in [0.717, 1.165) is 44.8 Å². The number of hydrogen-bond acceptors (Lipinski definition) is 4. The van der Waals surface area contributed by atoms with Crippen molar-refractivity contribution in [3.8, 4) is 5.75 Å². The average Bonchev–Trinajstić information content (AvgIpc) is 3.08. The van der Waals surface area contributed by atoms with Gasteiger partial charge >= 0.3 is 0 Å². The molecule has 1 aromatic rings. The van der Waals surface area contributed by atoms with Crippen LogP contribution in [0.3, 0.4) is 0 Å². The van der Waals surface area contributed by atoms with E-state index in [2.05, 4.69) is 34.2 Å². The van der Waals surface area contributed by atoms with E-state index < -0.39 is 0 Å². The maximum Gasteiger partial charge on any atom is 0.237 e. The molecule has 2 atom stereocenters. The van der Waals surface area contributed by atoms with Gasteiger partial charge < -0.3 is 15.0 Å². The van der Waals surface area contributed by atoms with Gasteiger partial charge in [0.2, 0.25) is 5.91 Å². The van der Waals surface area contributed by atoms with Crippen LogP contribution >= 0.6 is 12.4 Å². The van der Waals surface area contributed by atoms with Crippen LogP contribution in [0.4, 0.5) is 0 Å². The molecule has 1 unspecified atom stereocenters. The number of halogens is 1. The molecule has 25 heavy (non-hydrogen) atoms. The number of hydrogen-bond donors (Lipinski definition) is 1. The van der Waals surface area contributed by atoms with E-state index in [0.29, 0.717) is 19.2 Å². The molecule has 2 saturated heterocycles. The quantitative estimate of drug-likeness (QED) is 0.868. The van der Waals surface area contributed by atoms with E-state index in [-0.39, 0.29) is 24.4 Å². The smallest absolute Gasteiger partial charge is 0.237 e. The minimum absolute atomic E-state index is 0. The van der Waals surface area contributed by atoms with Crippen LogP contribution in [-0.4, -0.2) is 61.1 Å². The lowest BCUT2D eigenvalue weighted by Gasteiger charge is -2.35. The molecule has 0 radical (unpaired) electrons. The fraction of sp³-hybridized carbons (Fsp3) is 0.632. The van der Waals surface area contributed by atoms with Gasteiger partial charge in [-0.3, -0.25) is 9.69 Å². The molecule has 0 aromatic heterocycles. The monoisotopic (exact) mass is 367 g/mol. The number of rotatable bonds is 5. The fourth-order valence-electron chi connectivity index (χ4n) is 3.75. The molecule has 1 aromatic carbocycles.